The number of hydrogen-bond donors (Lipinski definition) is 3. The maximum Gasteiger partial charge on any atom is 0.337 e. The Morgan fingerprint density at radius 2 is 1.79 bits per heavy atom. The zero-order valence-corrected chi connectivity index (χ0v) is 19.3. The number of aromatic hydroxyl groups is 1. The number of esters is 1. The Kier molecular flexibility index (Phi) is 7.06. The topological polar surface area (TPSA) is 104 Å². The van der Waals surface area contributed by atoms with Crippen molar-refractivity contribution in [1.82, 2.24) is 9.88 Å². The van der Waals surface area contributed by atoms with Crippen molar-refractivity contribution in [3.63, 3.8) is 0 Å². The summed E-state index contributed by atoms with van der Waals surface area (Å²) in [4.78, 5) is 22.0. The molecule has 3 aromatic carbocycles. The van der Waals surface area contributed by atoms with Crippen molar-refractivity contribution in [1.29, 1.82) is 0 Å². The fourth-order valence-corrected chi connectivity index (χ4v) is 3.94. The second kappa shape index (κ2) is 10.3. The summed E-state index contributed by atoms with van der Waals surface area (Å²) in [6.07, 6.45) is 0. The molecular formula is C27H28N4O3. The number of benzene rings is 3. The van der Waals surface area contributed by atoms with Crippen LogP contribution in [-0.4, -0.2) is 53.9 Å². The third-order valence-corrected chi connectivity index (χ3v) is 5.62. The summed E-state index contributed by atoms with van der Waals surface area (Å²) in [5.41, 5.74) is 10.7. The Hall–Kier alpha value is -3.94. The lowest BCUT2D eigenvalue weighted by molar-refractivity contribution is 0.0601. The summed E-state index contributed by atoms with van der Waals surface area (Å²) in [6.45, 7) is 2.25. The Morgan fingerprint density at radius 1 is 1.06 bits per heavy atom. The molecule has 0 saturated heterocycles. The summed E-state index contributed by atoms with van der Waals surface area (Å²) < 4.78 is 4.82. The van der Waals surface area contributed by atoms with Gasteiger partial charge >= 0.3 is 5.97 Å². The first-order valence-electron chi connectivity index (χ1n) is 11.0. The van der Waals surface area contributed by atoms with Crippen LogP contribution in [0.2, 0.25) is 0 Å². The molecule has 0 amide bonds. The van der Waals surface area contributed by atoms with Gasteiger partial charge in [-0.2, -0.15) is 0 Å². The molecule has 1 aromatic heterocycles. The van der Waals surface area contributed by atoms with Gasteiger partial charge in [-0.15, -0.1) is 0 Å². The Balaban J connectivity index is 1.78. The van der Waals surface area contributed by atoms with E-state index in [-0.39, 0.29) is 5.88 Å². The SMILES string of the molecule is COC(=O)c1ccc2c(C(=Nc3ccc(CN(C)CCN)cc3)c3ccccc3)c(O)[nH]c2c1. The highest BCUT2D eigenvalue weighted by Crippen LogP contribution is 2.32. The van der Waals surface area contributed by atoms with Crippen LogP contribution in [0, 0.1) is 0 Å². The normalized spacial score (nSPS) is 11.8. The van der Waals surface area contributed by atoms with Crippen molar-refractivity contribution in [2.45, 2.75) is 6.54 Å². The molecule has 4 aromatic rings. The maximum atomic E-state index is 11.9. The van der Waals surface area contributed by atoms with Crippen LogP contribution in [0.1, 0.15) is 27.0 Å². The van der Waals surface area contributed by atoms with Crippen LogP contribution in [-0.2, 0) is 11.3 Å². The number of aromatic amines is 1. The molecule has 4 N–H and O–H groups in total. The van der Waals surface area contributed by atoms with Gasteiger partial charge in [0.05, 0.1) is 29.6 Å². The minimum absolute atomic E-state index is 0.0142. The lowest BCUT2D eigenvalue weighted by atomic mass is 10.00. The molecule has 0 bridgehead atoms. The van der Waals surface area contributed by atoms with Crippen molar-refractivity contribution < 1.29 is 14.6 Å². The molecule has 0 spiro atoms. The summed E-state index contributed by atoms with van der Waals surface area (Å²) >= 11 is 0. The van der Waals surface area contributed by atoms with Crippen molar-refractivity contribution in [2.24, 2.45) is 10.7 Å². The molecule has 0 aliphatic carbocycles. The number of rotatable bonds is 8. The predicted octanol–water partition coefficient (Wildman–Crippen LogP) is 4.22. The van der Waals surface area contributed by atoms with Crippen molar-refractivity contribution in [3.8, 4) is 5.88 Å². The van der Waals surface area contributed by atoms with Gasteiger partial charge in [-0.05, 0) is 36.9 Å². The molecular weight excluding hydrogens is 428 g/mol. The molecule has 7 nitrogen and oxygen atoms in total. The molecule has 0 aliphatic heterocycles. The zero-order chi connectivity index (χ0) is 24.1. The highest BCUT2D eigenvalue weighted by molar-refractivity contribution is 6.22. The zero-order valence-electron chi connectivity index (χ0n) is 19.3. The minimum atomic E-state index is -0.438. The molecule has 0 fully saturated rings. The van der Waals surface area contributed by atoms with E-state index in [9.17, 15) is 9.90 Å². The number of carbonyl (C=O) groups excluding carboxylic acids is 1. The van der Waals surface area contributed by atoms with Gasteiger partial charge in [0.25, 0.3) is 0 Å². The molecule has 7 heteroatoms. The number of aromatic nitrogens is 1. The average Bonchev–Trinajstić information content (AvgIpc) is 3.18. The van der Waals surface area contributed by atoms with Gasteiger partial charge in [-0.1, -0.05) is 48.5 Å². The van der Waals surface area contributed by atoms with Crippen LogP contribution in [0.5, 0.6) is 5.88 Å². The molecule has 174 valence electrons. The van der Waals surface area contributed by atoms with Gasteiger partial charge in [0.1, 0.15) is 0 Å². The van der Waals surface area contributed by atoms with E-state index < -0.39 is 5.97 Å². The van der Waals surface area contributed by atoms with E-state index in [0.29, 0.717) is 28.9 Å². The molecule has 0 radical (unpaired) electrons. The number of aliphatic imine (C=N–C) groups is 1. The number of carbonyl (C=O) groups is 1. The van der Waals surface area contributed by atoms with Gasteiger partial charge in [0.2, 0.25) is 0 Å². The fraction of sp³-hybridized carbons (Fsp3) is 0.185. The minimum Gasteiger partial charge on any atom is -0.494 e. The Morgan fingerprint density at radius 3 is 2.47 bits per heavy atom. The van der Waals surface area contributed by atoms with Crippen LogP contribution in [0.15, 0.2) is 77.8 Å². The van der Waals surface area contributed by atoms with E-state index >= 15 is 0 Å². The van der Waals surface area contributed by atoms with E-state index in [1.54, 1.807) is 18.2 Å². The molecule has 0 saturated carbocycles. The molecule has 0 aliphatic rings. The molecule has 1 heterocycles. The Labute approximate surface area is 198 Å². The Bertz CT molecular complexity index is 1310. The third-order valence-electron chi connectivity index (χ3n) is 5.62. The second-order valence-electron chi connectivity index (χ2n) is 8.12. The van der Waals surface area contributed by atoms with Crippen LogP contribution >= 0.6 is 0 Å². The number of nitrogens with two attached hydrogens (primary N) is 1. The number of hydrogen-bond acceptors (Lipinski definition) is 6. The highest BCUT2D eigenvalue weighted by atomic mass is 16.5. The van der Waals surface area contributed by atoms with Crippen molar-refractivity contribution in [2.75, 3.05) is 27.2 Å². The third kappa shape index (κ3) is 5.01. The largest absolute Gasteiger partial charge is 0.494 e. The average molecular weight is 457 g/mol. The van der Waals surface area contributed by atoms with Gasteiger partial charge in [-0.3, -0.25) is 0 Å². The van der Waals surface area contributed by atoms with E-state index in [4.69, 9.17) is 15.5 Å². The van der Waals surface area contributed by atoms with Gasteiger partial charge in [0.15, 0.2) is 5.88 Å². The first-order valence-corrected chi connectivity index (χ1v) is 11.0. The van der Waals surface area contributed by atoms with Crippen LogP contribution in [0.25, 0.3) is 10.9 Å². The van der Waals surface area contributed by atoms with Crippen molar-refractivity contribution in [3.05, 3.63) is 95.1 Å². The van der Waals surface area contributed by atoms with Crippen LogP contribution in [0.4, 0.5) is 5.69 Å². The lowest BCUT2D eigenvalue weighted by Gasteiger charge is -2.15. The predicted molar refractivity (Wildman–Crippen MR) is 135 cm³/mol. The molecule has 34 heavy (non-hydrogen) atoms. The van der Waals surface area contributed by atoms with Crippen LogP contribution < -0.4 is 5.73 Å². The van der Waals surface area contributed by atoms with E-state index in [2.05, 4.69) is 9.88 Å². The van der Waals surface area contributed by atoms with E-state index in [1.807, 2.05) is 61.6 Å². The second-order valence-corrected chi connectivity index (χ2v) is 8.12. The number of ether oxygens (including phenoxy) is 1. The van der Waals surface area contributed by atoms with E-state index in [1.165, 1.54) is 12.7 Å². The summed E-state index contributed by atoms with van der Waals surface area (Å²) in [6, 6.07) is 22.9. The number of H-pyrrole nitrogens is 1. The standard InChI is InChI=1S/C27H28N4O3/c1-31(15-14-28)17-18-8-11-21(12-9-18)29-25(19-6-4-3-5-7-19)24-22-13-10-20(27(33)34-2)16-23(22)30-26(24)32/h3-13,16,30,32H,14-15,17,28H2,1-2H3. The molecule has 0 atom stereocenters. The van der Waals surface area contributed by atoms with Crippen molar-refractivity contribution >= 4 is 28.3 Å². The van der Waals surface area contributed by atoms with Gasteiger partial charge in [-0.25, -0.2) is 9.79 Å². The lowest BCUT2D eigenvalue weighted by Crippen LogP contribution is -2.24. The molecule has 0 unspecified atom stereocenters. The van der Waals surface area contributed by atoms with E-state index in [0.717, 1.165) is 29.7 Å². The first-order chi connectivity index (χ1) is 16.5. The monoisotopic (exact) mass is 456 g/mol. The number of fused-ring (bicyclic) bond motifs is 1. The molecule has 4 rings (SSSR count). The summed E-state index contributed by atoms with van der Waals surface area (Å²) in [7, 11) is 3.38. The quantitative estimate of drug-likeness (QED) is 0.272. The first kappa shape index (κ1) is 23.2. The van der Waals surface area contributed by atoms with Gasteiger partial charge < -0.3 is 25.5 Å². The maximum absolute atomic E-state index is 11.9. The smallest absolute Gasteiger partial charge is 0.337 e. The fourth-order valence-electron chi connectivity index (χ4n) is 3.94. The highest BCUT2D eigenvalue weighted by Gasteiger charge is 2.20. The summed E-state index contributed by atoms with van der Waals surface area (Å²) in [5.74, 6) is -0.452. The van der Waals surface area contributed by atoms with Gasteiger partial charge in [0, 0.05) is 36.1 Å². The number of methoxy groups -OCH3 is 1. The van der Waals surface area contributed by atoms with Crippen LogP contribution in [0.3, 0.4) is 0 Å². The number of nitrogens with zero attached hydrogens (tertiary/aromatic N) is 2. The number of nitrogens with one attached hydrogen (secondary N) is 1. The number of likely N-dealkylation sites (N-methyl/N-ethyl adjacent to an activating group) is 1. The summed E-state index contributed by atoms with van der Waals surface area (Å²) in [5, 5.41) is 11.6.